The number of anilines is 1. The summed E-state index contributed by atoms with van der Waals surface area (Å²) in [5.74, 6) is 0.0924. The molecule has 1 aliphatic heterocycles. The van der Waals surface area contributed by atoms with Crippen LogP contribution in [0.5, 0.6) is 0 Å². The third kappa shape index (κ3) is 4.06. The van der Waals surface area contributed by atoms with Crippen molar-refractivity contribution in [2.24, 2.45) is 0 Å². The van der Waals surface area contributed by atoms with Gasteiger partial charge < -0.3 is 10.6 Å². The number of aryl methyl sites for hydroxylation is 1. The smallest absolute Gasteiger partial charge is 0.241 e. The van der Waals surface area contributed by atoms with Gasteiger partial charge in [0.2, 0.25) is 5.91 Å². The van der Waals surface area contributed by atoms with E-state index in [0.29, 0.717) is 6.04 Å². The van der Waals surface area contributed by atoms with Gasteiger partial charge in [0.15, 0.2) is 0 Å². The Labute approximate surface area is 115 Å². The maximum Gasteiger partial charge on any atom is 0.241 e. The SMILES string of the molecule is CCCc1ccc(NC(=O)C2CCCC(C)N2)cc1. The summed E-state index contributed by atoms with van der Waals surface area (Å²) in [7, 11) is 0. The Bertz CT molecular complexity index is 413. The van der Waals surface area contributed by atoms with Crippen molar-refractivity contribution in [3.63, 3.8) is 0 Å². The van der Waals surface area contributed by atoms with Gasteiger partial charge in [0, 0.05) is 11.7 Å². The number of carbonyl (C=O) groups is 1. The van der Waals surface area contributed by atoms with E-state index in [2.05, 4.69) is 36.6 Å². The average molecular weight is 260 g/mol. The Kier molecular flexibility index (Phi) is 4.97. The largest absolute Gasteiger partial charge is 0.325 e. The van der Waals surface area contributed by atoms with Gasteiger partial charge in [0.1, 0.15) is 0 Å². The topological polar surface area (TPSA) is 41.1 Å². The Morgan fingerprint density at radius 3 is 2.68 bits per heavy atom. The molecule has 1 saturated heterocycles. The average Bonchev–Trinajstić information content (AvgIpc) is 2.41. The zero-order valence-corrected chi connectivity index (χ0v) is 11.9. The molecule has 1 aromatic rings. The fourth-order valence-corrected chi connectivity index (χ4v) is 2.62. The van der Waals surface area contributed by atoms with Crippen LogP contribution in [0.15, 0.2) is 24.3 Å². The lowest BCUT2D eigenvalue weighted by Gasteiger charge is -2.27. The van der Waals surface area contributed by atoms with E-state index in [9.17, 15) is 4.79 Å². The Hall–Kier alpha value is -1.35. The second-order valence-corrected chi connectivity index (χ2v) is 5.49. The lowest BCUT2D eigenvalue weighted by Crippen LogP contribution is -2.47. The third-order valence-corrected chi connectivity index (χ3v) is 3.69. The molecule has 3 nitrogen and oxygen atoms in total. The van der Waals surface area contributed by atoms with E-state index in [1.165, 1.54) is 5.56 Å². The van der Waals surface area contributed by atoms with Crippen molar-refractivity contribution >= 4 is 11.6 Å². The molecule has 3 heteroatoms. The number of carbonyl (C=O) groups excluding carboxylic acids is 1. The first kappa shape index (κ1) is 14.1. The molecule has 0 spiro atoms. The Morgan fingerprint density at radius 1 is 1.32 bits per heavy atom. The fourth-order valence-electron chi connectivity index (χ4n) is 2.62. The highest BCUT2D eigenvalue weighted by atomic mass is 16.2. The number of rotatable bonds is 4. The van der Waals surface area contributed by atoms with E-state index >= 15 is 0 Å². The van der Waals surface area contributed by atoms with Gasteiger partial charge in [-0.2, -0.15) is 0 Å². The molecule has 19 heavy (non-hydrogen) atoms. The van der Waals surface area contributed by atoms with Gasteiger partial charge in [-0.3, -0.25) is 4.79 Å². The molecule has 0 aromatic heterocycles. The number of benzene rings is 1. The minimum atomic E-state index is -0.0425. The summed E-state index contributed by atoms with van der Waals surface area (Å²) in [6.45, 7) is 4.31. The van der Waals surface area contributed by atoms with Crippen LogP contribution in [0.2, 0.25) is 0 Å². The number of nitrogens with one attached hydrogen (secondary N) is 2. The van der Waals surface area contributed by atoms with Crippen LogP contribution in [0.25, 0.3) is 0 Å². The first-order valence-corrected chi connectivity index (χ1v) is 7.35. The van der Waals surface area contributed by atoms with Gasteiger partial charge in [-0.1, -0.05) is 25.5 Å². The lowest BCUT2D eigenvalue weighted by atomic mass is 9.99. The highest BCUT2D eigenvalue weighted by molar-refractivity contribution is 5.94. The van der Waals surface area contributed by atoms with Crippen LogP contribution in [0.1, 0.15) is 45.1 Å². The van der Waals surface area contributed by atoms with Crippen molar-refractivity contribution in [1.82, 2.24) is 5.32 Å². The summed E-state index contributed by atoms with van der Waals surface area (Å²) in [6, 6.07) is 8.58. The first-order chi connectivity index (χ1) is 9.19. The molecule has 104 valence electrons. The summed E-state index contributed by atoms with van der Waals surface area (Å²) in [5.41, 5.74) is 2.22. The van der Waals surface area contributed by atoms with E-state index in [-0.39, 0.29) is 11.9 Å². The predicted molar refractivity (Wildman–Crippen MR) is 79.3 cm³/mol. The summed E-state index contributed by atoms with van der Waals surface area (Å²) in [6.07, 6.45) is 5.47. The highest BCUT2D eigenvalue weighted by Crippen LogP contribution is 2.15. The number of hydrogen-bond acceptors (Lipinski definition) is 2. The van der Waals surface area contributed by atoms with Crippen molar-refractivity contribution in [3.8, 4) is 0 Å². The summed E-state index contributed by atoms with van der Waals surface area (Å²) >= 11 is 0. The highest BCUT2D eigenvalue weighted by Gasteiger charge is 2.23. The fraction of sp³-hybridized carbons (Fsp3) is 0.562. The summed E-state index contributed by atoms with van der Waals surface area (Å²) in [5, 5.41) is 6.36. The number of piperidine rings is 1. The van der Waals surface area contributed by atoms with Crippen LogP contribution in [0.3, 0.4) is 0 Å². The van der Waals surface area contributed by atoms with Gasteiger partial charge in [-0.15, -0.1) is 0 Å². The molecule has 0 bridgehead atoms. The Balaban J connectivity index is 1.90. The molecule has 1 aliphatic rings. The first-order valence-electron chi connectivity index (χ1n) is 7.35. The van der Waals surface area contributed by atoms with E-state index in [1.807, 2.05) is 12.1 Å². The van der Waals surface area contributed by atoms with Gasteiger partial charge >= 0.3 is 0 Å². The van der Waals surface area contributed by atoms with Crippen LogP contribution in [0, 0.1) is 0 Å². The monoisotopic (exact) mass is 260 g/mol. The lowest BCUT2D eigenvalue weighted by molar-refractivity contribution is -0.118. The summed E-state index contributed by atoms with van der Waals surface area (Å²) < 4.78 is 0. The third-order valence-electron chi connectivity index (χ3n) is 3.69. The maximum atomic E-state index is 12.2. The van der Waals surface area contributed by atoms with Gasteiger partial charge in [-0.25, -0.2) is 0 Å². The molecular weight excluding hydrogens is 236 g/mol. The van der Waals surface area contributed by atoms with Crippen LogP contribution in [-0.4, -0.2) is 18.0 Å². The predicted octanol–water partition coefficient (Wildman–Crippen LogP) is 3.11. The molecule has 2 rings (SSSR count). The molecule has 1 fully saturated rings. The summed E-state index contributed by atoms with van der Waals surface area (Å²) in [4.78, 5) is 12.2. The van der Waals surface area contributed by atoms with Crippen molar-refractivity contribution in [3.05, 3.63) is 29.8 Å². The molecule has 0 radical (unpaired) electrons. The quantitative estimate of drug-likeness (QED) is 0.873. The van der Waals surface area contributed by atoms with Gasteiger partial charge in [0.05, 0.1) is 6.04 Å². The normalized spacial score (nSPS) is 23.1. The van der Waals surface area contributed by atoms with Gasteiger partial charge in [0.25, 0.3) is 0 Å². The maximum absolute atomic E-state index is 12.2. The molecule has 2 unspecified atom stereocenters. The van der Waals surface area contributed by atoms with Crippen molar-refractivity contribution in [2.45, 2.75) is 58.0 Å². The standard InChI is InChI=1S/C16H24N2O/c1-3-5-13-8-10-14(11-9-13)18-16(19)15-7-4-6-12(2)17-15/h8-12,15,17H,3-7H2,1-2H3,(H,18,19). The van der Waals surface area contributed by atoms with Gasteiger partial charge in [-0.05, 0) is 50.3 Å². The number of amides is 1. The molecule has 1 heterocycles. The zero-order chi connectivity index (χ0) is 13.7. The van der Waals surface area contributed by atoms with Crippen molar-refractivity contribution in [1.29, 1.82) is 0 Å². The zero-order valence-electron chi connectivity index (χ0n) is 11.9. The Morgan fingerprint density at radius 2 is 2.05 bits per heavy atom. The molecule has 0 aliphatic carbocycles. The molecule has 1 amide bonds. The molecule has 1 aromatic carbocycles. The van der Waals surface area contributed by atoms with Crippen LogP contribution in [0.4, 0.5) is 5.69 Å². The minimum Gasteiger partial charge on any atom is -0.325 e. The molecule has 2 atom stereocenters. The van der Waals surface area contributed by atoms with Crippen molar-refractivity contribution in [2.75, 3.05) is 5.32 Å². The molecular formula is C16H24N2O. The van der Waals surface area contributed by atoms with E-state index < -0.39 is 0 Å². The number of hydrogen-bond donors (Lipinski definition) is 2. The van der Waals surface area contributed by atoms with E-state index in [4.69, 9.17) is 0 Å². The second-order valence-electron chi connectivity index (χ2n) is 5.49. The van der Waals surface area contributed by atoms with Crippen molar-refractivity contribution < 1.29 is 4.79 Å². The van der Waals surface area contributed by atoms with Crippen LogP contribution in [-0.2, 0) is 11.2 Å². The second kappa shape index (κ2) is 6.71. The minimum absolute atomic E-state index is 0.0425. The van der Waals surface area contributed by atoms with Crippen LogP contribution >= 0.6 is 0 Å². The van der Waals surface area contributed by atoms with Crippen LogP contribution < -0.4 is 10.6 Å². The molecule has 2 N–H and O–H groups in total. The molecule has 0 saturated carbocycles. The van der Waals surface area contributed by atoms with E-state index in [1.54, 1.807) is 0 Å². The van der Waals surface area contributed by atoms with E-state index in [0.717, 1.165) is 37.8 Å².